The third-order valence-electron chi connectivity index (χ3n) is 5.39. The number of carbonyl (C=O) groups excluding carboxylic acids is 1. The van der Waals surface area contributed by atoms with E-state index >= 15 is 0 Å². The average Bonchev–Trinajstić information content (AvgIpc) is 3.15. The number of halogens is 1. The van der Waals surface area contributed by atoms with Gasteiger partial charge in [-0.2, -0.15) is 0 Å². The third kappa shape index (κ3) is 3.95. The van der Waals surface area contributed by atoms with Gasteiger partial charge >= 0.3 is 5.97 Å². The van der Waals surface area contributed by atoms with Gasteiger partial charge in [0.1, 0.15) is 30.2 Å². The van der Waals surface area contributed by atoms with Crippen molar-refractivity contribution in [3.8, 4) is 11.4 Å². The molecule has 0 unspecified atom stereocenters. The highest BCUT2D eigenvalue weighted by atomic mass is 35.5. The number of benzene rings is 2. The first-order valence-corrected chi connectivity index (χ1v) is 10.2. The summed E-state index contributed by atoms with van der Waals surface area (Å²) < 4.78 is 17.9. The van der Waals surface area contributed by atoms with Gasteiger partial charge in [-0.1, -0.05) is 23.7 Å². The van der Waals surface area contributed by atoms with Gasteiger partial charge in [0.15, 0.2) is 0 Å². The van der Waals surface area contributed by atoms with Crippen molar-refractivity contribution in [2.24, 2.45) is 0 Å². The molecule has 0 bridgehead atoms. The summed E-state index contributed by atoms with van der Waals surface area (Å²) in [6.45, 7) is -0.575. The smallest absolute Gasteiger partial charge is 0.339 e. The number of rotatable bonds is 5. The lowest BCUT2D eigenvalue weighted by atomic mass is 9.99. The van der Waals surface area contributed by atoms with E-state index in [-0.39, 0.29) is 5.75 Å². The van der Waals surface area contributed by atoms with Crippen LogP contribution in [-0.4, -0.2) is 75.4 Å². The highest BCUT2D eigenvalue weighted by Crippen LogP contribution is 2.35. The van der Waals surface area contributed by atoms with Crippen LogP contribution in [0.2, 0.25) is 5.02 Å². The van der Waals surface area contributed by atoms with Gasteiger partial charge in [0.2, 0.25) is 6.29 Å². The van der Waals surface area contributed by atoms with Crippen LogP contribution in [0, 0.1) is 0 Å². The summed E-state index contributed by atoms with van der Waals surface area (Å²) in [5, 5.41) is 40.8. The Balaban J connectivity index is 1.79. The van der Waals surface area contributed by atoms with Crippen LogP contribution in [0.1, 0.15) is 10.4 Å². The number of carbonyl (C=O) groups is 1. The molecule has 0 saturated carbocycles. The molecule has 0 amide bonds. The Bertz CT molecular complexity index is 1130. The molecule has 1 aromatic heterocycles. The fourth-order valence-corrected chi connectivity index (χ4v) is 3.88. The summed E-state index contributed by atoms with van der Waals surface area (Å²) in [4.78, 5) is 12.3. The lowest BCUT2D eigenvalue weighted by Crippen LogP contribution is -2.60. The van der Waals surface area contributed by atoms with E-state index in [4.69, 9.17) is 25.8 Å². The number of methoxy groups -OCH3 is 1. The summed E-state index contributed by atoms with van der Waals surface area (Å²) in [5.41, 5.74) is 1.43. The van der Waals surface area contributed by atoms with Crippen molar-refractivity contribution in [1.82, 2.24) is 4.57 Å². The molecule has 4 rings (SSSR count). The quantitative estimate of drug-likeness (QED) is 0.416. The summed E-state index contributed by atoms with van der Waals surface area (Å²) in [6.07, 6.45) is -5.53. The monoisotopic (exact) mass is 463 g/mol. The number of esters is 1. The molecule has 2 heterocycles. The highest BCUT2D eigenvalue weighted by Gasteiger charge is 2.45. The molecular weight excluding hydrogens is 442 g/mol. The molecule has 4 N–H and O–H groups in total. The maximum atomic E-state index is 12.3. The Morgan fingerprint density at radius 2 is 1.88 bits per heavy atom. The molecule has 0 radical (unpaired) electrons. The Hall–Kier alpha value is -2.66. The molecule has 9 nitrogen and oxygen atoms in total. The van der Waals surface area contributed by atoms with E-state index in [2.05, 4.69) is 0 Å². The minimum absolute atomic E-state index is 0.265. The molecule has 1 saturated heterocycles. The molecular formula is C22H22ClNO8. The maximum absolute atomic E-state index is 12.3. The first-order chi connectivity index (χ1) is 15.3. The summed E-state index contributed by atoms with van der Waals surface area (Å²) in [6, 6.07) is 11.9. The van der Waals surface area contributed by atoms with Crippen LogP contribution < -0.4 is 4.74 Å². The van der Waals surface area contributed by atoms with Gasteiger partial charge in [0.05, 0.1) is 36.7 Å². The highest BCUT2D eigenvalue weighted by molar-refractivity contribution is 6.31. The molecule has 1 fully saturated rings. The number of fused-ring (bicyclic) bond motifs is 1. The van der Waals surface area contributed by atoms with E-state index in [1.807, 2.05) is 0 Å². The number of aliphatic hydroxyl groups is 4. The number of aromatic nitrogens is 1. The number of hydrogen-bond donors (Lipinski definition) is 4. The van der Waals surface area contributed by atoms with Crippen molar-refractivity contribution in [3.05, 3.63) is 59.2 Å². The molecule has 2 aromatic carbocycles. The van der Waals surface area contributed by atoms with Crippen LogP contribution in [0.15, 0.2) is 48.7 Å². The molecule has 0 spiro atoms. The van der Waals surface area contributed by atoms with E-state index in [0.29, 0.717) is 27.2 Å². The Kier molecular flexibility index (Phi) is 6.38. The first-order valence-electron chi connectivity index (χ1n) is 9.81. The molecule has 170 valence electrons. The van der Waals surface area contributed by atoms with Crippen LogP contribution in [0.3, 0.4) is 0 Å². The van der Waals surface area contributed by atoms with Gasteiger partial charge in [-0.3, -0.25) is 0 Å². The first kappa shape index (κ1) is 22.5. The number of para-hydroxylation sites is 1. The van der Waals surface area contributed by atoms with E-state index < -0.39 is 43.3 Å². The van der Waals surface area contributed by atoms with Gasteiger partial charge in [-0.15, -0.1) is 0 Å². The zero-order valence-corrected chi connectivity index (χ0v) is 17.7. The van der Waals surface area contributed by atoms with Crippen LogP contribution in [0.5, 0.6) is 5.75 Å². The fraction of sp³-hybridized carbons (Fsp3) is 0.318. The van der Waals surface area contributed by atoms with E-state index in [1.165, 1.54) is 7.11 Å². The van der Waals surface area contributed by atoms with E-state index in [9.17, 15) is 25.2 Å². The Labute approximate surface area is 187 Å². The maximum Gasteiger partial charge on any atom is 0.339 e. The number of aliphatic hydroxyl groups excluding tert-OH is 4. The Morgan fingerprint density at radius 3 is 2.59 bits per heavy atom. The zero-order valence-electron chi connectivity index (χ0n) is 17.0. The molecule has 32 heavy (non-hydrogen) atoms. The second-order valence-corrected chi connectivity index (χ2v) is 7.79. The Morgan fingerprint density at radius 1 is 1.12 bits per heavy atom. The van der Waals surface area contributed by atoms with Crippen molar-refractivity contribution < 1.29 is 39.4 Å². The second kappa shape index (κ2) is 9.07. The predicted molar refractivity (Wildman–Crippen MR) is 114 cm³/mol. The van der Waals surface area contributed by atoms with Crippen LogP contribution in [-0.2, 0) is 9.47 Å². The summed E-state index contributed by atoms with van der Waals surface area (Å²) >= 11 is 6.21. The van der Waals surface area contributed by atoms with Crippen molar-refractivity contribution in [2.45, 2.75) is 30.7 Å². The summed E-state index contributed by atoms with van der Waals surface area (Å²) in [5.74, 6) is -0.262. The predicted octanol–water partition coefficient (Wildman–Crippen LogP) is 1.25. The van der Waals surface area contributed by atoms with Crippen LogP contribution in [0.25, 0.3) is 16.6 Å². The molecule has 3 aromatic rings. The van der Waals surface area contributed by atoms with Gasteiger partial charge in [-0.05, 0) is 30.3 Å². The largest absolute Gasteiger partial charge is 0.465 e. The van der Waals surface area contributed by atoms with E-state index in [0.717, 1.165) is 0 Å². The van der Waals surface area contributed by atoms with Gasteiger partial charge in [0, 0.05) is 10.4 Å². The number of hydrogen-bond acceptors (Lipinski definition) is 8. The third-order valence-corrected chi connectivity index (χ3v) is 5.63. The minimum Gasteiger partial charge on any atom is -0.465 e. The summed E-state index contributed by atoms with van der Waals surface area (Å²) in [7, 11) is 1.29. The molecule has 5 atom stereocenters. The van der Waals surface area contributed by atoms with Crippen molar-refractivity contribution in [3.63, 3.8) is 0 Å². The lowest BCUT2D eigenvalue weighted by Gasteiger charge is -2.39. The molecule has 1 aliphatic rings. The van der Waals surface area contributed by atoms with Crippen molar-refractivity contribution >= 4 is 28.5 Å². The van der Waals surface area contributed by atoms with Gasteiger partial charge in [-0.25, -0.2) is 4.79 Å². The average molecular weight is 464 g/mol. The fourth-order valence-electron chi connectivity index (χ4n) is 3.72. The zero-order chi connectivity index (χ0) is 23.0. The topological polar surface area (TPSA) is 131 Å². The van der Waals surface area contributed by atoms with Gasteiger partial charge in [0.25, 0.3) is 0 Å². The van der Waals surface area contributed by atoms with Crippen LogP contribution >= 0.6 is 11.6 Å². The molecule has 0 aliphatic carbocycles. The SMILES string of the molecule is COC(=O)c1ccccc1-n1cc(O[C@@H]2O[C@H](CO)[C@H](O)[C@H](O)[C@H]2O)c2ccc(Cl)cc21. The minimum atomic E-state index is -1.58. The van der Waals surface area contributed by atoms with Gasteiger partial charge < -0.3 is 39.2 Å². The van der Waals surface area contributed by atoms with Crippen LogP contribution in [0.4, 0.5) is 0 Å². The van der Waals surface area contributed by atoms with Crippen molar-refractivity contribution in [1.29, 1.82) is 0 Å². The number of ether oxygens (including phenoxy) is 3. The number of nitrogens with zero attached hydrogens (tertiary/aromatic N) is 1. The molecule has 1 aliphatic heterocycles. The van der Waals surface area contributed by atoms with E-state index in [1.54, 1.807) is 53.2 Å². The standard InChI is InChI=1S/C22H22ClNO8/c1-30-21(29)13-4-2-3-5-14(13)24-9-16(12-7-6-11(23)8-15(12)24)31-22-20(28)19(27)18(26)17(10-25)32-22/h2-9,17-20,22,25-28H,10H2,1H3/t17-,18+,19+,20-,22-/m1/s1. The second-order valence-electron chi connectivity index (χ2n) is 7.35. The lowest BCUT2D eigenvalue weighted by molar-refractivity contribution is -0.277. The van der Waals surface area contributed by atoms with Crippen molar-refractivity contribution in [2.75, 3.05) is 13.7 Å². The normalized spacial score (nSPS) is 25.6. The molecule has 10 heteroatoms.